The first-order chi connectivity index (χ1) is 12.9. The Kier molecular flexibility index (Phi) is 5.77. The summed E-state index contributed by atoms with van der Waals surface area (Å²) >= 11 is 12.2. The molecule has 5 nitrogen and oxygen atoms in total. The number of amidine groups is 1. The first-order valence-corrected chi connectivity index (χ1v) is 8.96. The van der Waals surface area contributed by atoms with Crippen LogP contribution in [0.4, 0.5) is 4.39 Å². The molecule has 1 aliphatic heterocycles. The van der Waals surface area contributed by atoms with Gasteiger partial charge in [0.15, 0.2) is 11.7 Å². The van der Waals surface area contributed by atoms with Gasteiger partial charge < -0.3 is 10.1 Å². The Morgan fingerprint density at radius 2 is 2.00 bits per heavy atom. The smallest absolute Gasteiger partial charge is 0.338 e. The molecule has 1 aromatic heterocycles. The minimum atomic E-state index is -0.766. The molecule has 0 bridgehead atoms. The van der Waals surface area contributed by atoms with E-state index in [0.717, 1.165) is 0 Å². The molecule has 0 aliphatic carbocycles. The summed E-state index contributed by atoms with van der Waals surface area (Å²) < 4.78 is 19.4. The van der Waals surface area contributed by atoms with E-state index >= 15 is 0 Å². The second-order valence-corrected chi connectivity index (χ2v) is 6.67. The number of carbonyl (C=O) groups excluding carboxylic acids is 1. The number of rotatable bonds is 4. The van der Waals surface area contributed by atoms with Gasteiger partial charge in [-0.05, 0) is 49.7 Å². The summed E-state index contributed by atoms with van der Waals surface area (Å²) in [6.07, 6.45) is 1.47. The quantitative estimate of drug-likeness (QED) is 0.760. The van der Waals surface area contributed by atoms with Crippen LogP contribution in [-0.2, 0) is 9.53 Å². The standard InChI is InChI=1S/C19H16Cl2FN3O2/c1-3-27-19(26)15-10(2)24-18(17-14(22)5-4-6-23-17)25-16(15)11-7-12(20)9-13(21)8-11/h4-9,16H,3H2,1-2H3,(H,24,25). The highest BCUT2D eigenvalue weighted by atomic mass is 35.5. The molecule has 0 spiro atoms. The van der Waals surface area contributed by atoms with Crippen molar-refractivity contribution < 1.29 is 13.9 Å². The number of aromatic nitrogens is 1. The van der Waals surface area contributed by atoms with E-state index in [1.807, 2.05) is 0 Å². The topological polar surface area (TPSA) is 63.6 Å². The second kappa shape index (κ2) is 8.06. The Hall–Kier alpha value is -2.44. The zero-order valence-electron chi connectivity index (χ0n) is 14.6. The minimum absolute atomic E-state index is 0.0536. The fourth-order valence-electron chi connectivity index (χ4n) is 2.80. The predicted octanol–water partition coefficient (Wildman–Crippen LogP) is 4.46. The van der Waals surface area contributed by atoms with E-state index < -0.39 is 17.8 Å². The molecule has 1 unspecified atom stereocenters. The van der Waals surface area contributed by atoms with Gasteiger partial charge in [0, 0.05) is 21.9 Å². The van der Waals surface area contributed by atoms with E-state index in [0.29, 0.717) is 26.9 Å². The summed E-state index contributed by atoms with van der Waals surface area (Å²) in [5, 5.41) is 3.75. The van der Waals surface area contributed by atoms with Crippen molar-refractivity contribution in [3.63, 3.8) is 0 Å². The highest BCUT2D eigenvalue weighted by Gasteiger charge is 2.32. The zero-order valence-corrected chi connectivity index (χ0v) is 16.1. The largest absolute Gasteiger partial charge is 0.463 e. The summed E-state index contributed by atoms with van der Waals surface area (Å²) in [4.78, 5) is 21.1. The fraction of sp³-hybridized carbons (Fsp3) is 0.211. The van der Waals surface area contributed by atoms with Crippen molar-refractivity contribution in [2.24, 2.45) is 4.99 Å². The van der Waals surface area contributed by atoms with Crippen LogP contribution in [0.1, 0.15) is 31.1 Å². The molecule has 1 atom stereocenters. The Balaban J connectivity index is 2.15. The van der Waals surface area contributed by atoms with E-state index in [4.69, 9.17) is 27.9 Å². The van der Waals surface area contributed by atoms with Gasteiger partial charge in [0.2, 0.25) is 0 Å². The number of ether oxygens (including phenoxy) is 1. The Labute approximate surface area is 165 Å². The van der Waals surface area contributed by atoms with E-state index in [2.05, 4.69) is 15.3 Å². The maximum Gasteiger partial charge on any atom is 0.338 e. The third-order valence-electron chi connectivity index (χ3n) is 3.92. The normalized spacial score (nSPS) is 16.6. The average molecular weight is 408 g/mol. The summed E-state index contributed by atoms with van der Waals surface area (Å²) in [6, 6.07) is 6.91. The monoisotopic (exact) mass is 407 g/mol. The van der Waals surface area contributed by atoms with Crippen molar-refractivity contribution in [3.05, 3.63) is 74.9 Å². The third-order valence-corrected chi connectivity index (χ3v) is 4.36. The van der Waals surface area contributed by atoms with Gasteiger partial charge in [-0.25, -0.2) is 14.2 Å². The van der Waals surface area contributed by atoms with Crippen molar-refractivity contribution in [2.75, 3.05) is 6.61 Å². The van der Waals surface area contributed by atoms with Gasteiger partial charge in [-0.3, -0.25) is 4.99 Å². The molecule has 1 aliphatic rings. The highest BCUT2D eigenvalue weighted by molar-refractivity contribution is 6.34. The van der Waals surface area contributed by atoms with Crippen LogP contribution in [0.5, 0.6) is 0 Å². The SMILES string of the molecule is CCOC(=O)C1=C(C)NC(c2ncccc2F)=NC1c1cc(Cl)cc(Cl)c1. The lowest BCUT2D eigenvalue weighted by Crippen LogP contribution is -2.34. The number of nitrogens with zero attached hydrogens (tertiary/aromatic N) is 2. The van der Waals surface area contributed by atoms with Crippen LogP contribution in [0.15, 0.2) is 52.8 Å². The van der Waals surface area contributed by atoms with E-state index in [1.54, 1.807) is 32.0 Å². The molecule has 0 fully saturated rings. The number of esters is 1. The Morgan fingerprint density at radius 1 is 1.30 bits per heavy atom. The van der Waals surface area contributed by atoms with Crippen molar-refractivity contribution in [2.45, 2.75) is 19.9 Å². The van der Waals surface area contributed by atoms with E-state index in [-0.39, 0.29) is 18.1 Å². The van der Waals surface area contributed by atoms with Crippen LogP contribution in [-0.4, -0.2) is 23.4 Å². The van der Waals surface area contributed by atoms with Gasteiger partial charge in [0.05, 0.1) is 12.2 Å². The van der Waals surface area contributed by atoms with Gasteiger partial charge in [-0.15, -0.1) is 0 Å². The molecule has 0 saturated carbocycles. The number of pyridine rings is 1. The first-order valence-electron chi connectivity index (χ1n) is 8.20. The molecule has 0 amide bonds. The lowest BCUT2D eigenvalue weighted by atomic mass is 9.95. The average Bonchev–Trinajstić information content (AvgIpc) is 2.60. The number of allylic oxidation sites excluding steroid dienone is 1. The van der Waals surface area contributed by atoms with Gasteiger partial charge >= 0.3 is 5.97 Å². The minimum Gasteiger partial charge on any atom is -0.463 e. The van der Waals surface area contributed by atoms with Gasteiger partial charge in [-0.2, -0.15) is 0 Å². The maximum atomic E-state index is 14.2. The van der Waals surface area contributed by atoms with E-state index in [1.165, 1.54) is 18.3 Å². The van der Waals surface area contributed by atoms with Crippen LogP contribution in [0, 0.1) is 5.82 Å². The van der Waals surface area contributed by atoms with Gasteiger partial charge in [-0.1, -0.05) is 23.2 Å². The van der Waals surface area contributed by atoms with Crippen LogP contribution in [0.25, 0.3) is 0 Å². The fourth-order valence-corrected chi connectivity index (χ4v) is 3.35. The Morgan fingerprint density at radius 3 is 2.63 bits per heavy atom. The van der Waals surface area contributed by atoms with Crippen molar-refractivity contribution in [1.82, 2.24) is 10.3 Å². The van der Waals surface area contributed by atoms with Crippen LogP contribution in [0.3, 0.4) is 0 Å². The summed E-state index contributed by atoms with van der Waals surface area (Å²) in [6.45, 7) is 3.62. The van der Waals surface area contributed by atoms with Crippen LogP contribution >= 0.6 is 23.2 Å². The molecule has 8 heteroatoms. The third kappa shape index (κ3) is 4.12. The molecule has 1 aromatic carbocycles. The molecular weight excluding hydrogens is 392 g/mol. The van der Waals surface area contributed by atoms with Gasteiger partial charge in [0.1, 0.15) is 11.7 Å². The van der Waals surface area contributed by atoms with Crippen molar-refractivity contribution in [3.8, 4) is 0 Å². The number of hydrogen-bond acceptors (Lipinski definition) is 5. The molecule has 3 rings (SSSR count). The molecule has 27 heavy (non-hydrogen) atoms. The van der Waals surface area contributed by atoms with Gasteiger partial charge in [0.25, 0.3) is 0 Å². The van der Waals surface area contributed by atoms with Crippen molar-refractivity contribution in [1.29, 1.82) is 0 Å². The maximum absolute atomic E-state index is 14.2. The molecule has 1 N–H and O–H groups in total. The number of carbonyl (C=O) groups is 1. The molecule has 0 saturated heterocycles. The van der Waals surface area contributed by atoms with Crippen LogP contribution in [0.2, 0.25) is 10.0 Å². The van der Waals surface area contributed by atoms with E-state index in [9.17, 15) is 9.18 Å². The first kappa shape index (κ1) is 19.3. The number of halogens is 3. The molecule has 0 radical (unpaired) electrons. The molecule has 2 heterocycles. The highest BCUT2D eigenvalue weighted by Crippen LogP contribution is 2.35. The van der Waals surface area contributed by atoms with Crippen LogP contribution < -0.4 is 5.32 Å². The Bertz CT molecular complexity index is 939. The number of benzene rings is 1. The lowest BCUT2D eigenvalue weighted by Gasteiger charge is -2.26. The molecular formula is C19H16Cl2FN3O2. The summed E-state index contributed by atoms with van der Waals surface area (Å²) in [5.41, 5.74) is 1.43. The molecule has 2 aromatic rings. The summed E-state index contributed by atoms with van der Waals surface area (Å²) in [7, 11) is 0. The number of hydrogen-bond donors (Lipinski definition) is 1. The van der Waals surface area contributed by atoms with Crippen molar-refractivity contribution >= 4 is 35.0 Å². The summed E-state index contributed by atoms with van der Waals surface area (Å²) in [5.74, 6) is -0.841. The second-order valence-electron chi connectivity index (χ2n) is 5.80. The number of nitrogens with one attached hydrogen (secondary N) is 1. The molecule has 140 valence electrons. The predicted molar refractivity (Wildman–Crippen MR) is 102 cm³/mol. The number of aliphatic imine (C=N–C) groups is 1. The lowest BCUT2D eigenvalue weighted by molar-refractivity contribution is -0.138. The zero-order chi connectivity index (χ0) is 19.6.